The first-order chi connectivity index (χ1) is 6.49. The van der Waals surface area contributed by atoms with Crippen molar-refractivity contribution in [1.82, 2.24) is 5.32 Å². The van der Waals surface area contributed by atoms with Crippen LogP contribution in [0.2, 0.25) is 0 Å². The van der Waals surface area contributed by atoms with Gasteiger partial charge in [0.1, 0.15) is 0 Å². The average molecular weight is 202 g/mol. The number of rotatable bonds is 6. The Morgan fingerprint density at radius 3 is 2.36 bits per heavy atom. The second-order valence-electron chi connectivity index (χ2n) is 3.53. The van der Waals surface area contributed by atoms with E-state index in [0.717, 1.165) is 0 Å². The maximum Gasteiger partial charge on any atom is 0.308 e. The molecule has 0 spiro atoms. The first-order valence-corrected chi connectivity index (χ1v) is 4.68. The minimum Gasteiger partial charge on any atom is -0.481 e. The number of hydrogen-bond acceptors (Lipinski definition) is 3. The Labute approximate surface area is 83.7 Å². The molecule has 0 aromatic carbocycles. The summed E-state index contributed by atoms with van der Waals surface area (Å²) in [6.07, 6.45) is 0.241. The van der Waals surface area contributed by atoms with Gasteiger partial charge in [-0.05, 0) is 5.92 Å². The lowest BCUT2D eigenvalue weighted by Crippen LogP contribution is -2.36. The molecule has 0 saturated heterocycles. The van der Waals surface area contributed by atoms with E-state index < -0.39 is 11.9 Å². The van der Waals surface area contributed by atoms with Crippen LogP contribution in [0, 0.1) is 11.8 Å². The molecule has 0 heterocycles. The predicted octanol–water partition coefficient (Wildman–Crippen LogP) is -0.192. The largest absolute Gasteiger partial charge is 0.481 e. The molecule has 5 nitrogen and oxygen atoms in total. The third-order valence-corrected chi connectivity index (χ3v) is 2.01. The Bertz CT molecular complexity index is 204. The zero-order valence-corrected chi connectivity index (χ0v) is 8.62. The molecule has 0 saturated carbocycles. The summed E-state index contributed by atoms with van der Waals surface area (Å²) in [6.45, 7) is 4.08. The van der Waals surface area contributed by atoms with Gasteiger partial charge in [0.25, 0.3) is 0 Å². The number of carbonyl (C=O) groups is 2. The van der Waals surface area contributed by atoms with E-state index in [9.17, 15) is 9.59 Å². The smallest absolute Gasteiger partial charge is 0.308 e. The molecule has 1 unspecified atom stereocenters. The maximum absolute atomic E-state index is 11.0. The highest BCUT2D eigenvalue weighted by molar-refractivity contribution is 5.77. The highest BCUT2D eigenvalue weighted by Gasteiger charge is 2.21. The number of amides is 1. The fourth-order valence-electron chi connectivity index (χ4n) is 1.05. The van der Waals surface area contributed by atoms with Crippen LogP contribution in [0.4, 0.5) is 0 Å². The Kier molecular flexibility index (Phi) is 5.87. The SMILES string of the molecule is CC(C)C(CNC(=O)CCN)C(=O)O. The van der Waals surface area contributed by atoms with E-state index in [2.05, 4.69) is 5.32 Å². The van der Waals surface area contributed by atoms with Crippen molar-refractivity contribution in [2.45, 2.75) is 20.3 Å². The number of carboxylic acids is 1. The highest BCUT2D eigenvalue weighted by Crippen LogP contribution is 2.09. The third-order valence-electron chi connectivity index (χ3n) is 2.01. The summed E-state index contributed by atoms with van der Waals surface area (Å²) in [5.41, 5.74) is 5.18. The Balaban J connectivity index is 3.94. The van der Waals surface area contributed by atoms with E-state index in [1.165, 1.54) is 0 Å². The molecule has 0 aliphatic rings. The number of aliphatic carboxylic acids is 1. The van der Waals surface area contributed by atoms with Crippen LogP contribution >= 0.6 is 0 Å². The van der Waals surface area contributed by atoms with E-state index in [0.29, 0.717) is 0 Å². The van der Waals surface area contributed by atoms with Crippen LogP contribution in [-0.2, 0) is 9.59 Å². The molecular formula is C9H18N2O3. The van der Waals surface area contributed by atoms with Gasteiger partial charge in [-0.2, -0.15) is 0 Å². The van der Waals surface area contributed by atoms with E-state index >= 15 is 0 Å². The Hall–Kier alpha value is -1.10. The van der Waals surface area contributed by atoms with Gasteiger partial charge in [-0.3, -0.25) is 9.59 Å². The summed E-state index contributed by atoms with van der Waals surface area (Å²) in [5.74, 6) is -1.60. The second-order valence-corrected chi connectivity index (χ2v) is 3.53. The number of carboxylic acid groups (broad SMARTS) is 1. The van der Waals surface area contributed by atoms with Gasteiger partial charge < -0.3 is 16.2 Å². The molecule has 82 valence electrons. The van der Waals surface area contributed by atoms with Gasteiger partial charge in [0.05, 0.1) is 5.92 Å². The summed E-state index contributed by atoms with van der Waals surface area (Å²) in [4.78, 5) is 21.7. The van der Waals surface area contributed by atoms with Gasteiger partial charge in [-0.1, -0.05) is 13.8 Å². The number of nitrogens with one attached hydrogen (secondary N) is 1. The Morgan fingerprint density at radius 1 is 1.43 bits per heavy atom. The van der Waals surface area contributed by atoms with Crippen LogP contribution in [0.1, 0.15) is 20.3 Å². The summed E-state index contributed by atoms with van der Waals surface area (Å²) < 4.78 is 0. The summed E-state index contributed by atoms with van der Waals surface area (Å²) in [7, 11) is 0. The third kappa shape index (κ3) is 4.81. The van der Waals surface area contributed by atoms with Crippen molar-refractivity contribution in [3.63, 3.8) is 0 Å². The topological polar surface area (TPSA) is 92.4 Å². The fourth-order valence-corrected chi connectivity index (χ4v) is 1.05. The van der Waals surface area contributed by atoms with Crippen LogP contribution in [0.3, 0.4) is 0 Å². The average Bonchev–Trinajstić information content (AvgIpc) is 2.03. The van der Waals surface area contributed by atoms with Crippen LogP contribution < -0.4 is 11.1 Å². The minimum atomic E-state index is -0.881. The molecule has 0 aliphatic carbocycles. The lowest BCUT2D eigenvalue weighted by Gasteiger charge is -2.16. The van der Waals surface area contributed by atoms with Crippen molar-refractivity contribution >= 4 is 11.9 Å². The van der Waals surface area contributed by atoms with Crippen molar-refractivity contribution in [2.75, 3.05) is 13.1 Å². The molecule has 0 radical (unpaired) electrons. The molecule has 0 fully saturated rings. The quantitative estimate of drug-likeness (QED) is 0.556. The molecule has 0 rings (SSSR count). The molecule has 0 aliphatic heterocycles. The standard InChI is InChI=1S/C9H18N2O3/c1-6(2)7(9(13)14)5-11-8(12)3-4-10/h6-7H,3-5,10H2,1-2H3,(H,11,12)(H,13,14). The Morgan fingerprint density at radius 2 is 2.00 bits per heavy atom. The van der Waals surface area contributed by atoms with Crippen molar-refractivity contribution in [2.24, 2.45) is 17.6 Å². The fraction of sp³-hybridized carbons (Fsp3) is 0.778. The van der Waals surface area contributed by atoms with Crippen molar-refractivity contribution < 1.29 is 14.7 Å². The lowest BCUT2D eigenvalue weighted by atomic mass is 9.96. The monoisotopic (exact) mass is 202 g/mol. The van der Waals surface area contributed by atoms with Gasteiger partial charge in [-0.25, -0.2) is 0 Å². The van der Waals surface area contributed by atoms with E-state index in [1.807, 2.05) is 13.8 Å². The van der Waals surface area contributed by atoms with Gasteiger partial charge in [-0.15, -0.1) is 0 Å². The molecule has 0 bridgehead atoms. The van der Waals surface area contributed by atoms with Gasteiger partial charge in [0.15, 0.2) is 0 Å². The first kappa shape index (κ1) is 12.9. The molecular weight excluding hydrogens is 184 g/mol. The number of nitrogens with two attached hydrogens (primary N) is 1. The van der Waals surface area contributed by atoms with E-state index in [-0.39, 0.29) is 31.3 Å². The van der Waals surface area contributed by atoms with Crippen molar-refractivity contribution in [3.8, 4) is 0 Å². The number of carbonyl (C=O) groups excluding carboxylic acids is 1. The van der Waals surface area contributed by atoms with Crippen LogP contribution in [0.15, 0.2) is 0 Å². The molecule has 1 amide bonds. The number of hydrogen-bond donors (Lipinski definition) is 3. The van der Waals surface area contributed by atoms with Crippen LogP contribution in [0.5, 0.6) is 0 Å². The summed E-state index contributed by atoms with van der Waals surface area (Å²) in [5, 5.41) is 11.4. The van der Waals surface area contributed by atoms with E-state index in [4.69, 9.17) is 10.8 Å². The van der Waals surface area contributed by atoms with Crippen LogP contribution in [0.25, 0.3) is 0 Å². The molecule has 0 aromatic rings. The van der Waals surface area contributed by atoms with E-state index in [1.54, 1.807) is 0 Å². The molecule has 5 heteroatoms. The highest BCUT2D eigenvalue weighted by atomic mass is 16.4. The predicted molar refractivity (Wildman–Crippen MR) is 52.6 cm³/mol. The molecule has 4 N–H and O–H groups in total. The molecule has 0 aromatic heterocycles. The second kappa shape index (κ2) is 6.37. The lowest BCUT2D eigenvalue weighted by molar-refractivity contribution is -0.143. The van der Waals surface area contributed by atoms with Crippen LogP contribution in [-0.4, -0.2) is 30.1 Å². The summed E-state index contributed by atoms with van der Waals surface area (Å²) >= 11 is 0. The molecule has 1 atom stereocenters. The minimum absolute atomic E-state index is 0.00526. The normalized spacial score (nSPS) is 12.6. The zero-order valence-electron chi connectivity index (χ0n) is 8.62. The maximum atomic E-state index is 11.0. The van der Waals surface area contributed by atoms with Crippen molar-refractivity contribution in [3.05, 3.63) is 0 Å². The zero-order chi connectivity index (χ0) is 11.1. The van der Waals surface area contributed by atoms with Gasteiger partial charge in [0, 0.05) is 19.5 Å². The summed E-state index contributed by atoms with van der Waals surface area (Å²) in [6, 6.07) is 0. The van der Waals surface area contributed by atoms with Gasteiger partial charge in [0.2, 0.25) is 5.91 Å². The van der Waals surface area contributed by atoms with Crippen molar-refractivity contribution in [1.29, 1.82) is 0 Å². The first-order valence-electron chi connectivity index (χ1n) is 4.68. The molecule has 14 heavy (non-hydrogen) atoms. The van der Waals surface area contributed by atoms with Gasteiger partial charge >= 0.3 is 5.97 Å².